The van der Waals surface area contributed by atoms with Gasteiger partial charge in [-0.15, -0.1) is 12.4 Å². The van der Waals surface area contributed by atoms with Gasteiger partial charge in [0.25, 0.3) is 5.91 Å². The molecule has 0 radical (unpaired) electrons. The van der Waals surface area contributed by atoms with E-state index in [2.05, 4.69) is 34.6 Å². The van der Waals surface area contributed by atoms with Crippen molar-refractivity contribution in [2.45, 2.75) is 6.42 Å². The summed E-state index contributed by atoms with van der Waals surface area (Å²) in [6.45, 7) is 0.524. The number of carbonyl (C=O) groups is 1. The molecule has 158 valence electrons. The van der Waals surface area contributed by atoms with Crippen molar-refractivity contribution in [2.75, 3.05) is 6.54 Å². The SMILES string of the molecule is Cl.O=C(NCCc1ccccn1)c1cc(-c2cccc3ccccc23)nc2ccccc12. The van der Waals surface area contributed by atoms with Gasteiger partial charge in [0.15, 0.2) is 0 Å². The van der Waals surface area contributed by atoms with Crippen LogP contribution in [0.3, 0.4) is 0 Å². The Labute approximate surface area is 192 Å². The number of fused-ring (bicyclic) bond motifs is 2. The van der Waals surface area contributed by atoms with Crippen molar-refractivity contribution in [3.8, 4) is 11.3 Å². The second-order valence-electron chi connectivity index (χ2n) is 7.43. The molecule has 0 bridgehead atoms. The second-order valence-corrected chi connectivity index (χ2v) is 7.43. The van der Waals surface area contributed by atoms with Crippen LogP contribution in [0.1, 0.15) is 16.1 Å². The third-order valence-electron chi connectivity index (χ3n) is 5.42. The van der Waals surface area contributed by atoms with Crippen molar-refractivity contribution >= 4 is 40.0 Å². The first-order valence-corrected chi connectivity index (χ1v) is 10.4. The number of pyridine rings is 2. The van der Waals surface area contributed by atoms with Gasteiger partial charge < -0.3 is 5.32 Å². The minimum Gasteiger partial charge on any atom is -0.352 e. The highest BCUT2D eigenvalue weighted by Crippen LogP contribution is 2.30. The molecule has 0 saturated heterocycles. The quantitative estimate of drug-likeness (QED) is 0.374. The van der Waals surface area contributed by atoms with E-state index >= 15 is 0 Å². The molecule has 2 heterocycles. The van der Waals surface area contributed by atoms with Gasteiger partial charge in [0, 0.05) is 35.8 Å². The molecule has 0 spiro atoms. The summed E-state index contributed by atoms with van der Waals surface area (Å²) < 4.78 is 0. The summed E-state index contributed by atoms with van der Waals surface area (Å²) in [6, 6.07) is 29.9. The predicted octanol–water partition coefficient (Wildman–Crippen LogP) is 5.84. The van der Waals surface area contributed by atoms with E-state index in [1.54, 1.807) is 6.20 Å². The van der Waals surface area contributed by atoms with Crippen LogP contribution in [-0.4, -0.2) is 22.4 Å². The van der Waals surface area contributed by atoms with Crippen molar-refractivity contribution < 1.29 is 4.79 Å². The van der Waals surface area contributed by atoms with Crippen molar-refractivity contribution in [2.24, 2.45) is 0 Å². The lowest BCUT2D eigenvalue weighted by Crippen LogP contribution is -2.26. The predicted molar refractivity (Wildman–Crippen MR) is 132 cm³/mol. The Bertz CT molecular complexity index is 1380. The summed E-state index contributed by atoms with van der Waals surface area (Å²) >= 11 is 0. The molecule has 0 aliphatic rings. The lowest BCUT2D eigenvalue weighted by Gasteiger charge is -2.12. The Morgan fingerprint density at radius 1 is 0.812 bits per heavy atom. The molecule has 1 amide bonds. The largest absolute Gasteiger partial charge is 0.352 e. The summed E-state index contributed by atoms with van der Waals surface area (Å²) in [6.07, 6.45) is 2.45. The van der Waals surface area contributed by atoms with E-state index in [9.17, 15) is 4.79 Å². The van der Waals surface area contributed by atoms with Gasteiger partial charge in [-0.25, -0.2) is 4.98 Å². The van der Waals surface area contributed by atoms with Gasteiger partial charge in [-0.2, -0.15) is 0 Å². The maximum atomic E-state index is 13.1. The van der Waals surface area contributed by atoms with Crippen LogP contribution in [0.4, 0.5) is 0 Å². The maximum Gasteiger partial charge on any atom is 0.252 e. The first-order chi connectivity index (χ1) is 15.3. The van der Waals surface area contributed by atoms with Gasteiger partial charge in [-0.1, -0.05) is 66.7 Å². The standard InChI is InChI=1S/C27H21N3O.ClH/c31-27(29-17-15-20-10-5-6-16-28-20)24-18-26(30-25-14-4-3-12-23(24)25)22-13-7-9-19-8-1-2-11-21(19)22;/h1-14,16,18H,15,17H2,(H,29,31);1H. The summed E-state index contributed by atoms with van der Waals surface area (Å²) in [7, 11) is 0. The highest BCUT2D eigenvalue weighted by molar-refractivity contribution is 6.08. The molecular weight excluding hydrogens is 418 g/mol. The van der Waals surface area contributed by atoms with Crippen LogP contribution >= 0.6 is 12.4 Å². The van der Waals surface area contributed by atoms with Crippen LogP contribution in [0.25, 0.3) is 32.9 Å². The lowest BCUT2D eigenvalue weighted by molar-refractivity contribution is 0.0955. The van der Waals surface area contributed by atoms with Crippen LogP contribution in [-0.2, 0) is 6.42 Å². The van der Waals surface area contributed by atoms with Gasteiger partial charge in [0.05, 0.1) is 16.8 Å². The molecule has 0 fully saturated rings. The minimum absolute atomic E-state index is 0. The molecule has 0 saturated carbocycles. The van der Waals surface area contributed by atoms with E-state index in [4.69, 9.17) is 4.98 Å². The second kappa shape index (κ2) is 9.58. The van der Waals surface area contributed by atoms with E-state index in [1.165, 1.54) is 0 Å². The van der Waals surface area contributed by atoms with E-state index in [1.807, 2.05) is 66.7 Å². The lowest BCUT2D eigenvalue weighted by atomic mass is 9.99. The molecule has 5 heteroatoms. The van der Waals surface area contributed by atoms with Crippen LogP contribution in [0.15, 0.2) is 97.2 Å². The van der Waals surface area contributed by atoms with E-state index in [0.717, 1.165) is 38.6 Å². The molecule has 0 unspecified atom stereocenters. The van der Waals surface area contributed by atoms with Crippen molar-refractivity contribution in [1.29, 1.82) is 0 Å². The Balaban J connectivity index is 0.00000245. The molecule has 2 aromatic heterocycles. The van der Waals surface area contributed by atoms with Gasteiger partial charge in [0.1, 0.15) is 0 Å². The number of hydrogen-bond donors (Lipinski definition) is 1. The summed E-state index contributed by atoms with van der Waals surface area (Å²) in [4.78, 5) is 22.3. The molecule has 0 aliphatic heterocycles. The monoisotopic (exact) mass is 439 g/mol. The number of rotatable bonds is 5. The van der Waals surface area contributed by atoms with Gasteiger partial charge in [-0.3, -0.25) is 9.78 Å². The van der Waals surface area contributed by atoms with Gasteiger partial charge in [0.2, 0.25) is 0 Å². The molecule has 32 heavy (non-hydrogen) atoms. The molecule has 0 aliphatic carbocycles. The highest BCUT2D eigenvalue weighted by Gasteiger charge is 2.15. The molecule has 4 nitrogen and oxygen atoms in total. The summed E-state index contributed by atoms with van der Waals surface area (Å²) in [5.41, 5.74) is 4.22. The zero-order valence-corrected chi connectivity index (χ0v) is 18.2. The molecule has 1 N–H and O–H groups in total. The zero-order valence-electron chi connectivity index (χ0n) is 17.4. The van der Waals surface area contributed by atoms with E-state index < -0.39 is 0 Å². The van der Waals surface area contributed by atoms with Gasteiger partial charge in [-0.05, 0) is 35.0 Å². The number of hydrogen-bond acceptors (Lipinski definition) is 3. The fourth-order valence-corrected chi connectivity index (χ4v) is 3.90. The Hall–Kier alpha value is -3.76. The topological polar surface area (TPSA) is 54.9 Å². The fourth-order valence-electron chi connectivity index (χ4n) is 3.90. The van der Waals surface area contributed by atoms with E-state index in [0.29, 0.717) is 18.5 Å². The average Bonchev–Trinajstić information content (AvgIpc) is 2.83. The number of para-hydroxylation sites is 1. The van der Waals surface area contributed by atoms with Crippen molar-refractivity contribution in [1.82, 2.24) is 15.3 Å². The van der Waals surface area contributed by atoms with Crippen LogP contribution < -0.4 is 5.32 Å². The Morgan fingerprint density at radius 2 is 1.56 bits per heavy atom. The van der Waals surface area contributed by atoms with E-state index in [-0.39, 0.29) is 18.3 Å². The third kappa shape index (κ3) is 4.32. The number of amides is 1. The highest BCUT2D eigenvalue weighted by atomic mass is 35.5. The molecule has 5 aromatic rings. The first-order valence-electron chi connectivity index (χ1n) is 10.4. The van der Waals surface area contributed by atoms with Crippen LogP contribution in [0.2, 0.25) is 0 Å². The smallest absolute Gasteiger partial charge is 0.252 e. The fraction of sp³-hybridized carbons (Fsp3) is 0.0741. The molecule has 0 atom stereocenters. The maximum absolute atomic E-state index is 13.1. The van der Waals surface area contributed by atoms with Gasteiger partial charge >= 0.3 is 0 Å². The number of benzene rings is 3. The Kier molecular flexibility index (Phi) is 6.43. The molecular formula is C27H22ClN3O. The third-order valence-corrected chi connectivity index (χ3v) is 5.42. The molecule has 3 aromatic carbocycles. The number of halogens is 1. The number of aromatic nitrogens is 2. The number of carbonyl (C=O) groups excluding carboxylic acids is 1. The van der Waals surface area contributed by atoms with Crippen molar-refractivity contribution in [3.05, 3.63) is 108 Å². The molecule has 5 rings (SSSR count). The number of nitrogens with zero attached hydrogens (tertiary/aromatic N) is 2. The summed E-state index contributed by atoms with van der Waals surface area (Å²) in [5.74, 6) is -0.101. The van der Waals surface area contributed by atoms with Crippen LogP contribution in [0, 0.1) is 0 Å². The normalized spacial score (nSPS) is 10.6. The number of nitrogens with one attached hydrogen (secondary N) is 1. The van der Waals surface area contributed by atoms with Crippen LogP contribution in [0.5, 0.6) is 0 Å². The van der Waals surface area contributed by atoms with Crippen molar-refractivity contribution in [3.63, 3.8) is 0 Å². The minimum atomic E-state index is -0.101. The Morgan fingerprint density at radius 3 is 2.41 bits per heavy atom. The first kappa shape index (κ1) is 21.5. The summed E-state index contributed by atoms with van der Waals surface area (Å²) in [5, 5.41) is 6.17. The zero-order chi connectivity index (χ0) is 21.0. The average molecular weight is 440 g/mol.